The Morgan fingerprint density at radius 2 is 1.90 bits per heavy atom. The van der Waals surface area contributed by atoms with E-state index in [1.54, 1.807) is 24.5 Å². The molecule has 1 aromatic carbocycles. The lowest BCUT2D eigenvalue weighted by Crippen LogP contribution is -2.40. The molecule has 0 aliphatic carbocycles. The van der Waals surface area contributed by atoms with E-state index in [2.05, 4.69) is 4.98 Å². The van der Waals surface area contributed by atoms with Crippen molar-refractivity contribution in [3.63, 3.8) is 0 Å². The molecule has 29 heavy (non-hydrogen) atoms. The van der Waals surface area contributed by atoms with Crippen LogP contribution < -0.4 is 0 Å². The molecule has 5 heteroatoms. The molecule has 0 N–H and O–H groups in total. The molecule has 1 amide bonds. The van der Waals surface area contributed by atoms with Crippen molar-refractivity contribution in [2.75, 3.05) is 13.1 Å². The summed E-state index contributed by atoms with van der Waals surface area (Å²) in [7, 11) is 0. The van der Waals surface area contributed by atoms with Crippen molar-refractivity contribution in [3.05, 3.63) is 95.3 Å². The first-order valence-electron chi connectivity index (χ1n) is 10.0. The van der Waals surface area contributed by atoms with Gasteiger partial charge in [-0.15, -0.1) is 0 Å². The predicted octanol–water partition coefficient (Wildman–Crippen LogP) is 4.16. The van der Waals surface area contributed by atoms with E-state index >= 15 is 0 Å². The van der Waals surface area contributed by atoms with Crippen LogP contribution >= 0.6 is 0 Å². The van der Waals surface area contributed by atoms with Crippen LogP contribution in [0.5, 0.6) is 0 Å². The minimum absolute atomic E-state index is 0.150. The molecular formula is C24H24FN3O. The molecule has 0 radical (unpaired) electrons. The van der Waals surface area contributed by atoms with Crippen LogP contribution in [0.4, 0.5) is 4.39 Å². The van der Waals surface area contributed by atoms with Gasteiger partial charge in [-0.05, 0) is 60.4 Å². The molecule has 1 aliphatic rings. The van der Waals surface area contributed by atoms with Crippen LogP contribution in [0.2, 0.25) is 0 Å². The summed E-state index contributed by atoms with van der Waals surface area (Å²) in [5.74, 6) is 0.156. The molecule has 2 aromatic heterocycles. The topological polar surface area (TPSA) is 46.1 Å². The van der Waals surface area contributed by atoms with Gasteiger partial charge < -0.3 is 4.90 Å². The lowest BCUT2D eigenvalue weighted by Gasteiger charge is -2.32. The van der Waals surface area contributed by atoms with Gasteiger partial charge in [0.25, 0.3) is 0 Å². The summed E-state index contributed by atoms with van der Waals surface area (Å²) < 4.78 is 13.5. The first-order valence-corrected chi connectivity index (χ1v) is 10.0. The largest absolute Gasteiger partial charge is 0.342 e. The van der Waals surface area contributed by atoms with Gasteiger partial charge in [-0.25, -0.2) is 4.39 Å². The molecule has 0 bridgehead atoms. The monoisotopic (exact) mass is 389 g/mol. The zero-order valence-electron chi connectivity index (χ0n) is 16.3. The zero-order chi connectivity index (χ0) is 20.1. The van der Waals surface area contributed by atoms with Crippen LogP contribution in [-0.4, -0.2) is 33.9 Å². The van der Waals surface area contributed by atoms with E-state index in [0.29, 0.717) is 19.4 Å². The number of aromatic nitrogens is 2. The average Bonchev–Trinajstić information content (AvgIpc) is 2.75. The Morgan fingerprint density at radius 3 is 2.72 bits per heavy atom. The number of carbonyl (C=O) groups is 1. The van der Waals surface area contributed by atoms with Gasteiger partial charge in [0.15, 0.2) is 0 Å². The summed E-state index contributed by atoms with van der Waals surface area (Å²) in [6.45, 7) is 1.49. The van der Waals surface area contributed by atoms with Crippen molar-refractivity contribution in [1.29, 1.82) is 0 Å². The van der Waals surface area contributed by atoms with Crippen LogP contribution in [0.1, 0.15) is 41.3 Å². The zero-order valence-corrected chi connectivity index (χ0v) is 16.3. The molecule has 1 atom stereocenters. The van der Waals surface area contributed by atoms with Crippen molar-refractivity contribution < 1.29 is 9.18 Å². The van der Waals surface area contributed by atoms with Crippen molar-refractivity contribution in [2.24, 2.45) is 0 Å². The highest BCUT2D eigenvalue weighted by atomic mass is 19.1. The Hall–Kier alpha value is -3.08. The lowest BCUT2D eigenvalue weighted by atomic mass is 9.93. The van der Waals surface area contributed by atoms with Crippen molar-refractivity contribution in [1.82, 2.24) is 14.9 Å². The molecule has 1 aliphatic heterocycles. The minimum atomic E-state index is -0.228. The van der Waals surface area contributed by atoms with Crippen LogP contribution in [0.3, 0.4) is 0 Å². The molecular weight excluding hydrogens is 365 g/mol. The van der Waals surface area contributed by atoms with E-state index < -0.39 is 0 Å². The number of carbonyl (C=O) groups excluding carboxylic acids is 1. The quantitative estimate of drug-likeness (QED) is 0.658. The number of amides is 1. The SMILES string of the molecule is O=C(Cc1ccncc1)N1CCC[C@H](c2cccc(Cc3cccc(F)c3)n2)C1. The number of benzene rings is 1. The van der Waals surface area contributed by atoms with Crippen LogP contribution in [0.15, 0.2) is 67.0 Å². The number of rotatable bonds is 5. The van der Waals surface area contributed by atoms with Gasteiger partial charge in [0.1, 0.15) is 5.82 Å². The number of piperidine rings is 1. The Kier molecular flexibility index (Phi) is 5.94. The Labute approximate surface area is 170 Å². The van der Waals surface area contributed by atoms with Crippen LogP contribution in [0, 0.1) is 5.82 Å². The van der Waals surface area contributed by atoms with Gasteiger partial charge in [0.05, 0.1) is 6.42 Å². The summed E-state index contributed by atoms with van der Waals surface area (Å²) in [6.07, 6.45) is 6.44. The molecule has 148 valence electrons. The third-order valence-corrected chi connectivity index (χ3v) is 5.40. The minimum Gasteiger partial charge on any atom is -0.342 e. The highest BCUT2D eigenvalue weighted by Crippen LogP contribution is 2.26. The van der Waals surface area contributed by atoms with Crippen molar-refractivity contribution >= 4 is 5.91 Å². The summed E-state index contributed by atoms with van der Waals surface area (Å²) >= 11 is 0. The smallest absolute Gasteiger partial charge is 0.227 e. The third-order valence-electron chi connectivity index (χ3n) is 5.40. The van der Waals surface area contributed by atoms with E-state index in [9.17, 15) is 9.18 Å². The van der Waals surface area contributed by atoms with Crippen molar-refractivity contribution in [2.45, 2.75) is 31.6 Å². The summed E-state index contributed by atoms with van der Waals surface area (Å²) in [4.78, 5) is 23.5. The van der Waals surface area contributed by atoms with Crippen molar-refractivity contribution in [3.8, 4) is 0 Å². The second-order valence-corrected chi connectivity index (χ2v) is 7.57. The Bertz CT molecular complexity index is 977. The molecule has 0 saturated carbocycles. The fourth-order valence-corrected chi connectivity index (χ4v) is 3.91. The first-order chi connectivity index (χ1) is 14.2. The third kappa shape index (κ3) is 5.05. The summed E-state index contributed by atoms with van der Waals surface area (Å²) in [5, 5.41) is 0. The second-order valence-electron chi connectivity index (χ2n) is 7.57. The lowest BCUT2D eigenvalue weighted by molar-refractivity contribution is -0.131. The van der Waals surface area contributed by atoms with E-state index in [1.807, 2.05) is 41.3 Å². The maximum Gasteiger partial charge on any atom is 0.227 e. The summed E-state index contributed by atoms with van der Waals surface area (Å²) in [5.41, 5.74) is 3.84. The molecule has 1 fully saturated rings. The Balaban J connectivity index is 1.43. The highest BCUT2D eigenvalue weighted by molar-refractivity contribution is 5.78. The number of likely N-dealkylation sites (tertiary alicyclic amines) is 1. The standard InChI is InChI=1S/C24H24FN3O/c25-21-6-1-4-19(14-21)15-22-7-2-8-23(27-22)20-5-3-13-28(17-20)24(29)16-18-9-11-26-12-10-18/h1-2,4,6-12,14,20H,3,5,13,15-17H2/t20-/m0/s1. The maximum atomic E-state index is 13.5. The fourth-order valence-electron chi connectivity index (χ4n) is 3.91. The van der Waals surface area contributed by atoms with E-state index in [0.717, 1.165) is 41.9 Å². The number of pyridine rings is 2. The fraction of sp³-hybridized carbons (Fsp3) is 0.292. The highest BCUT2D eigenvalue weighted by Gasteiger charge is 2.25. The predicted molar refractivity (Wildman–Crippen MR) is 110 cm³/mol. The summed E-state index contributed by atoms with van der Waals surface area (Å²) in [6, 6.07) is 16.4. The second kappa shape index (κ2) is 8.95. The van der Waals surface area contributed by atoms with E-state index in [4.69, 9.17) is 4.98 Å². The van der Waals surface area contributed by atoms with E-state index in [1.165, 1.54) is 6.07 Å². The number of hydrogen-bond acceptors (Lipinski definition) is 3. The van der Waals surface area contributed by atoms with Gasteiger partial charge >= 0.3 is 0 Å². The van der Waals surface area contributed by atoms with Gasteiger partial charge in [-0.3, -0.25) is 14.8 Å². The van der Waals surface area contributed by atoms with Crippen LogP contribution in [0.25, 0.3) is 0 Å². The van der Waals surface area contributed by atoms with Gasteiger partial charge in [0, 0.05) is 49.2 Å². The number of hydrogen-bond donors (Lipinski definition) is 0. The van der Waals surface area contributed by atoms with Gasteiger partial charge in [0.2, 0.25) is 5.91 Å². The molecule has 0 spiro atoms. The first kappa shape index (κ1) is 19.2. The number of halogens is 1. The van der Waals surface area contributed by atoms with Gasteiger partial charge in [-0.2, -0.15) is 0 Å². The average molecular weight is 389 g/mol. The number of nitrogens with zero attached hydrogens (tertiary/aromatic N) is 3. The normalized spacial score (nSPS) is 16.6. The van der Waals surface area contributed by atoms with Crippen LogP contribution in [-0.2, 0) is 17.6 Å². The molecule has 3 aromatic rings. The molecule has 3 heterocycles. The molecule has 4 rings (SSSR count). The molecule has 1 saturated heterocycles. The molecule has 0 unspecified atom stereocenters. The van der Waals surface area contributed by atoms with E-state index in [-0.39, 0.29) is 17.6 Å². The Morgan fingerprint density at radius 1 is 1.07 bits per heavy atom. The molecule has 4 nitrogen and oxygen atoms in total. The maximum absolute atomic E-state index is 13.5. The van der Waals surface area contributed by atoms with Gasteiger partial charge in [-0.1, -0.05) is 18.2 Å².